The van der Waals surface area contributed by atoms with E-state index in [2.05, 4.69) is 5.32 Å². The lowest BCUT2D eigenvalue weighted by Crippen LogP contribution is -2.39. The maximum Gasteiger partial charge on any atom is 0.339 e. The first-order valence-electron chi connectivity index (χ1n) is 6.83. The number of ether oxygens (including phenoxy) is 1. The summed E-state index contributed by atoms with van der Waals surface area (Å²) in [4.78, 5) is 37.1. The lowest BCUT2D eigenvalue weighted by Gasteiger charge is -2.16. The van der Waals surface area contributed by atoms with E-state index in [1.54, 1.807) is 12.1 Å². The summed E-state index contributed by atoms with van der Waals surface area (Å²) < 4.78 is 5.04. The summed E-state index contributed by atoms with van der Waals surface area (Å²) in [6.07, 6.45) is 0. The summed E-state index contributed by atoms with van der Waals surface area (Å²) in [5, 5.41) is 2.42. The van der Waals surface area contributed by atoms with Gasteiger partial charge in [-0.05, 0) is 17.9 Å². The Morgan fingerprint density at radius 3 is 2.59 bits per heavy atom. The molecule has 1 N–H and O–H groups in total. The molecule has 0 saturated heterocycles. The predicted molar refractivity (Wildman–Crippen MR) is 84.8 cm³/mol. The molecule has 1 aromatic carbocycles. The van der Waals surface area contributed by atoms with Crippen LogP contribution in [-0.2, 0) is 14.3 Å². The standard InChI is InChI=1S/C15H20N2O4S/c1-4-22-12-8-6-5-7-11(12)15(20)21-10-14(19)17(3)9-13(18)16-2/h5-8H,4,9-10H2,1-3H3,(H,16,18). The normalized spacial score (nSPS) is 9.95. The molecule has 1 rings (SSSR count). The van der Waals surface area contributed by atoms with E-state index in [1.165, 1.54) is 30.8 Å². The maximum absolute atomic E-state index is 12.1. The van der Waals surface area contributed by atoms with E-state index in [0.29, 0.717) is 5.56 Å². The first kappa shape index (κ1) is 18.0. The Bertz CT molecular complexity index is 548. The fourth-order valence-electron chi connectivity index (χ4n) is 1.61. The zero-order chi connectivity index (χ0) is 16.5. The van der Waals surface area contributed by atoms with Crippen LogP contribution in [-0.4, -0.2) is 55.7 Å². The van der Waals surface area contributed by atoms with Crippen molar-refractivity contribution in [3.63, 3.8) is 0 Å². The topological polar surface area (TPSA) is 75.7 Å². The van der Waals surface area contributed by atoms with E-state index >= 15 is 0 Å². The highest BCUT2D eigenvalue weighted by molar-refractivity contribution is 7.99. The average molecular weight is 324 g/mol. The largest absolute Gasteiger partial charge is 0.452 e. The Morgan fingerprint density at radius 2 is 1.95 bits per heavy atom. The molecule has 0 atom stereocenters. The van der Waals surface area contributed by atoms with Gasteiger partial charge in [-0.1, -0.05) is 19.1 Å². The zero-order valence-corrected chi connectivity index (χ0v) is 13.7. The molecule has 0 saturated carbocycles. The minimum absolute atomic E-state index is 0.0742. The number of carbonyl (C=O) groups is 3. The smallest absolute Gasteiger partial charge is 0.339 e. The molecule has 120 valence electrons. The summed E-state index contributed by atoms with van der Waals surface area (Å²) in [5.41, 5.74) is 0.441. The molecule has 0 aliphatic rings. The van der Waals surface area contributed by atoms with Crippen molar-refractivity contribution >= 4 is 29.5 Å². The molecule has 0 bridgehead atoms. The van der Waals surface area contributed by atoms with Gasteiger partial charge in [0.1, 0.15) is 0 Å². The van der Waals surface area contributed by atoms with E-state index in [4.69, 9.17) is 4.74 Å². The molecule has 0 aliphatic carbocycles. The molecule has 2 amide bonds. The van der Waals surface area contributed by atoms with Gasteiger partial charge < -0.3 is 15.0 Å². The van der Waals surface area contributed by atoms with Crippen molar-refractivity contribution in [1.82, 2.24) is 10.2 Å². The monoisotopic (exact) mass is 324 g/mol. The van der Waals surface area contributed by atoms with Crippen molar-refractivity contribution in [2.24, 2.45) is 0 Å². The summed E-state index contributed by atoms with van der Waals surface area (Å²) in [6, 6.07) is 7.09. The minimum atomic E-state index is -0.543. The number of thioether (sulfide) groups is 1. The number of nitrogens with one attached hydrogen (secondary N) is 1. The maximum atomic E-state index is 12.1. The molecule has 6 nitrogen and oxygen atoms in total. The van der Waals surface area contributed by atoms with E-state index < -0.39 is 18.5 Å². The third-order valence-corrected chi connectivity index (χ3v) is 3.77. The zero-order valence-electron chi connectivity index (χ0n) is 12.9. The van der Waals surface area contributed by atoms with E-state index in [9.17, 15) is 14.4 Å². The second kappa shape index (κ2) is 9.09. The Hall–Kier alpha value is -2.02. The van der Waals surface area contributed by atoms with Crippen LogP contribution in [0.2, 0.25) is 0 Å². The number of hydrogen-bond donors (Lipinski definition) is 1. The SMILES string of the molecule is CCSc1ccccc1C(=O)OCC(=O)N(C)CC(=O)NC. The van der Waals surface area contributed by atoms with E-state index in [-0.39, 0.29) is 12.5 Å². The van der Waals surface area contributed by atoms with Crippen molar-refractivity contribution in [2.75, 3.05) is 33.0 Å². The van der Waals surface area contributed by atoms with Crippen LogP contribution in [0.15, 0.2) is 29.2 Å². The van der Waals surface area contributed by atoms with Crippen LogP contribution in [0.4, 0.5) is 0 Å². The van der Waals surface area contributed by atoms with Crippen molar-refractivity contribution in [2.45, 2.75) is 11.8 Å². The highest BCUT2D eigenvalue weighted by atomic mass is 32.2. The van der Waals surface area contributed by atoms with Gasteiger partial charge in [0.05, 0.1) is 12.1 Å². The molecule has 7 heteroatoms. The Morgan fingerprint density at radius 1 is 1.27 bits per heavy atom. The second-order valence-corrected chi connectivity index (χ2v) is 5.73. The number of amides is 2. The molecule has 0 aromatic heterocycles. The van der Waals surface area contributed by atoms with Gasteiger partial charge in [0.15, 0.2) is 6.61 Å². The molecule has 0 heterocycles. The number of carbonyl (C=O) groups excluding carboxylic acids is 3. The van der Waals surface area contributed by atoms with Crippen molar-refractivity contribution < 1.29 is 19.1 Å². The second-order valence-electron chi connectivity index (χ2n) is 4.43. The van der Waals surface area contributed by atoms with Crippen molar-refractivity contribution in [3.05, 3.63) is 29.8 Å². The Labute approximate surface area is 134 Å². The minimum Gasteiger partial charge on any atom is -0.452 e. The molecule has 0 fully saturated rings. The van der Waals surface area contributed by atoms with Gasteiger partial charge in [0.25, 0.3) is 5.91 Å². The number of esters is 1. The van der Waals surface area contributed by atoms with Crippen LogP contribution in [0, 0.1) is 0 Å². The lowest BCUT2D eigenvalue weighted by atomic mass is 10.2. The van der Waals surface area contributed by atoms with Crippen molar-refractivity contribution in [3.8, 4) is 0 Å². The third-order valence-electron chi connectivity index (χ3n) is 2.82. The summed E-state index contributed by atoms with van der Waals surface area (Å²) >= 11 is 1.53. The number of hydrogen-bond acceptors (Lipinski definition) is 5. The number of nitrogens with zero attached hydrogens (tertiary/aromatic N) is 1. The van der Waals surface area contributed by atoms with E-state index in [1.807, 2.05) is 19.1 Å². The number of likely N-dealkylation sites (N-methyl/N-ethyl adjacent to an activating group) is 2. The van der Waals surface area contributed by atoms with Crippen LogP contribution in [0.1, 0.15) is 17.3 Å². The summed E-state index contributed by atoms with van der Waals surface area (Å²) in [6.45, 7) is 1.52. The number of rotatable bonds is 7. The van der Waals surface area contributed by atoms with Crippen molar-refractivity contribution in [1.29, 1.82) is 0 Å². The van der Waals surface area contributed by atoms with Gasteiger partial charge in [-0.25, -0.2) is 4.79 Å². The fourth-order valence-corrected chi connectivity index (χ4v) is 2.41. The Balaban J connectivity index is 2.59. The van der Waals surface area contributed by atoms with Gasteiger partial charge >= 0.3 is 5.97 Å². The first-order valence-corrected chi connectivity index (χ1v) is 7.81. The van der Waals surface area contributed by atoms with Gasteiger partial charge in [-0.3, -0.25) is 9.59 Å². The molecule has 1 aromatic rings. The van der Waals surface area contributed by atoms with Crippen LogP contribution in [0.25, 0.3) is 0 Å². The molecule has 0 spiro atoms. The lowest BCUT2D eigenvalue weighted by molar-refractivity contribution is -0.137. The van der Waals surface area contributed by atoms with Gasteiger partial charge in [0.2, 0.25) is 5.91 Å². The first-order chi connectivity index (χ1) is 10.5. The highest BCUT2D eigenvalue weighted by Gasteiger charge is 2.17. The average Bonchev–Trinajstić information content (AvgIpc) is 2.52. The molecular formula is C15H20N2O4S. The van der Waals surface area contributed by atoms with Crippen LogP contribution in [0.3, 0.4) is 0 Å². The predicted octanol–water partition coefficient (Wildman–Crippen LogP) is 1.16. The molecule has 22 heavy (non-hydrogen) atoms. The van der Waals surface area contributed by atoms with Gasteiger partial charge in [-0.15, -0.1) is 11.8 Å². The van der Waals surface area contributed by atoms with Gasteiger partial charge in [-0.2, -0.15) is 0 Å². The van der Waals surface area contributed by atoms with E-state index in [0.717, 1.165) is 10.6 Å². The van der Waals surface area contributed by atoms with Crippen LogP contribution < -0.4 is 5.32 Å². The van der Waals surface area contributed by atoms with Crippen LogP contribution in [0.5, 0.6) is 0 Å². The highest BCUT2D eigenvalue weighted by Crippen LogP contribution is 2.22. The van der Waals surface area contributed by atoms with Crippen LogP contribution >= 0.6 is 11.8 Å². The molecule has 0 aliphatic heterocycles. The molecule has 0 radical (unpaired) electrons. The molecule has 0 unspecified atom stereocenters. The Kier molecular flexibility index (Phi) is 7.45. The quantitative estimate of drug-likeness (QED) is 0.602. The summed E-state index contributed by atoms with van der Waals surface area (Å²) in [5.74, 6) is -0.430. The van der Waals surface area contributed by atoms with Gasteiger partial charge in [0, 0.05) is 19.0 Å². The fraction of sp³-hybridized carbons (Fsp3) is 0.400. The molecular weight excluding hydrogens is 304 g/mol. The number of benzene rings is 1. The third kappa shape index (κ3) is 5.40. The summed E-state index contributed by atoms with van der Waals surface area (Å²) in [7, 11) is 2.97.